The summed E-state index contributed by atoms with van der Waals surface area (Å²) in [5, 5.41) is 3.92. The number of rotatable bonds is 3. The summed E-state index contributed by atoms with van der Waals surface area (Å²) in [7, 11) is 1.89. The van der Waals surface area contributed by atoms with Crippen molar-refractivity contribution in [1.82, 2.24) is 4.98 Å². The van der Waals surface area contributed by atoms with E-state index in [2.05, 4.69) is 16.4 Å². The molecule has 2 aromatic carbocycles. The van der Waals surface area contributed by atoms with E-state index in [4.69, 9.17) is 5.73 Å². The summed E-state index contributed by atoms with van der Waals surface area (Å²) < 4.78 is 0. The number of benzene rings is 2. The monoisotopic (exact) mass is 277 g/mol. The zero-order valence-corrected chi connectivity index (χ0v) is 11.6. The van der Waals surface area contributed by atoms with Gasteiger partial charge < -0.3 is 11.1 Å². The molecule has 0 spiro atoms. The highest BCUT2D eigenvalue weighted by atomic mass is 16.1. The van der Waals surface area contributed by atoms with Gasteiger partial charge >= 0.3 is 0 Å². The second kappa shape index (κ2) is 5.25. The number of nitrogen functional groups attached to an aromatic ring is 1. The molecular formula is C17H15N3O. The van der Waals surface area contributed by atoms with Crippen molar-refractivity contribution in [2.75, 3.05) is 18.1 Å². The van der Waals surface area contributed by atoms with E-state index >= 15 is 0 Å². The topological polar surface area (TPSA) is 68.0 Å². The van der Waals surface area contributed by atoms with Gasteiger partial charge in [0.2, 0.25) is 0 Å². The molecule has 104 valence electrons. The molecule has 0 aliphatic heterocycles. The standard InChI is InChI=1S/C17H15N3O/c1-19-14-4-2-3-11(7-14)12-5-6-16-15(8-12)17(18)13(10-21)9-20-16/h2-10,19H,1H3,(H2,18,20). The zero-order valence-electron chi connectivity index (χ0n) is 11.6. The summed E-state index contributed by atoms with van der Waals surface area (Å²) in [6, 6.07) is 14.0. The Morgan fingerprint density at radius 2 is 1.95 bits per heavy atom. The lowest BCUT2D eigenvalue weighted by atomic mass is 10.0. The Morgan fingerprint density at radius 1 is 1.14 bits per heavy atom. The van der Waals surface area contributed by atoms with Crippen molar-refractivity contribution >= 4 is 28.6 Å². The van der Waals surface area contributed by atoms with Crippen LogP contribution in [0.15, 0.2) is 48.7 Å². The molecular weight excluding hydrogens is 262 g/mol. The number of hydrogen-bond acceptors (Lipinski definition) is 4. The fraction of sp³-hybridized carbons (Fsp3) is 0.0588. The molecule has 0 saturated heterocycles. The van der Waals surface area contributed by atoms with Crippen LogP contribution in [0.5, 0.6) is 0 Å². The molecule has 3 N–H and O–H groups in total. The number of aldehydes is 1. The third-order valence-corrected chi connectivity index (χ3v) is 3.55. The van der Waals surface area contributed by atoms with Gasteiger partial charge in [-0.1, -0.05) is 18.2 Å². The summed E-state index contributed by atoms with van der Waals surface area (Å²) >= 11 is 0. The fourth-order valence-electron chi connectivity index (χ4n) is 2.36. The summed E-state index contributed by atoms with van der Waals surface area (Å²) in [5.41, 5.74) is 10.9. The van der Waals surface area contributed by atoms with Crippen LogP contribution in [0.4, 0.5) is 11.4 Å². The Hall–Kier alpha value is -2.88. The number of nitrogens with zero attached hydrogens (tertiary/aromatic N) is 1. The lowest BCUT2D eigenvalue weighted by Gasteiger charge is -2.08. The van der Waals surface area contributed by atoms with Crippen LogP contribution in [0.25, 0.3) is 22.0 Å². The molecule has 0 bridgehead atoms. The van der Waals surface area contributed by atoms with Crippen molar-refractivity contribution in [3.05, 3.63) is 54.2 Å². The van der Waals surface area contributed by atoms with Crippen LogP contribution < -0.4 is 11.1 Å². The number of nitrogens with one attached hydrogen (secondary N) is 1. The number of fused-ring (bicyclic) bond motifs is 1. The maximum Gasteiger partial charge on any atom is 0.153 e. The Morgan fingerprint density at radius 3 is 2.71 bits per heavy atom. The summed E-state index contributed by atoms with van der Waals surface area (Å²) in [4.78, 5) is 15.2. The third kappa shape index (κ3) is 2.31. The SMILES string of the molecule is CNc1cccc(-c2ccc3ncc(C=O)c(N)c3c2)c1. The van der Waals surface area contributed by atoms with E-state index in [9.17, 15) is 4.79 Å². The van der Waals surface area contributed by atoms with Gasteiger partial charge in [0.15, 0.2) is 6.29 Å². The van der Waals surface area contributed by atoms with Crippen LogP contribution in [0, 0.1) is 0 Å². The third-order valence-electron chi connectivity index (χ3n) is 3.55. The van der Waals surface area contributed by atoms with Crippen molar-refractivity contribution in [1.29, 1.82) is 0 Å². The molecule has 0 fully saturated rings. The van der Waals surface area contributed by atoms with E-state index in [1.807, 2.05) is 43.4 Å². The quantitative estimate of drug-likeness (QED) is 0.720. The first-order chi connectivity index (χ1) is 10.2. The largest absolute Gasteiger partial charge is 0.398 e. The molecule has 3 rings (SSSR count). The number of nitrogens with two attached hydrogens (primary N) is 1. The van der Waals surface area contributed by atoms with Crippen LogP contribution in [0.1, 0.15) is 10.4 Å². The molecule has 0 aliphatic carbocycles. The maximum absolute atomic E-state index is 11.0. The van der Waals surface area contributed by atoms with Gasteiger partial charge in [0.25, 0.3) is 0 Å². The van der Waals surface area contributed by atoms with Gasteiger partial charge in [-0.15, -0.1) is 0 Å². The molecule has 4 heteroatoms. The highest BCUT2D eigenvalue weighted by Crippen LogP contribution is 2.29. The van der Waals surface area contributed by atoms with Gasteiger partial charge in [-0.25, -0.2) is 0 Å². The Bertz CT molecular complexity index is 827. The predicted octanol–water partition coefficient (Wildman–Crippen LogP) is 3.34. The molecule has 0 atom stereocenters. The highest BCUT2D eigenvalue weighted by Gasteiger charge is 2.07. The number of carbonyl (C=O) groups is 1. The molecule has 1 aromatic heterocycles. The summed E-state index contributed by atoms with van der Waals surface area (Å²) in [6.07, 6.45) is 2.24. The molecule has 3 aromatic rings. The van der Waals surface area contributed by atoms with Crippen LogP contribution in [-0.2, 0) is 0 Å². The number of aromatic nitrogens is 1. The molecule has 1 heterocycles. The van der Waals surface area contributed by atoms with Crippen LogP contribution in [0.3, 0.4) is 0 Å². The van der Waals surface area contributed by atoms with Gasteiger partial charge in [-0.3, -0.25) is 9.78 Å². The first-order valence-electron chi connectivity index (χ1n) is 6.64. The first kappa shape index (κ1) is 13.1. The predicted molar refractivity (Wildman–Crippen MR) is 86.5 cm³/mol. The maximum atomic E-state index is 11.0. The second-order valence-electron chi connectivity index (χ2n) is 4.81. The Labute approximate surface area is 122 Å². The normalized spacial score (nSPS) is 10.5. The van der Waals surface area contributed by atoms with Gasteiger partial charge in [0.1, 0.15) is 0 Å². The molecule has 0 saturated carbocycles. The molecule has 0 unspecified atom stereocenters. The van der Waals surface area contributed by atoms with Crippen molar-refractivity contribution in [3.63, 3.8) is 0 Å². The number of pyridine rings is 1. The van der Waals surface area contributed by atoms with E-state index in [0.717, 1.165) is 34.0 Å². The second-order valence-corrected chi connectivity index (χ2v) is 4.81. The summed E-state index contributed by atoms with van der Waals surface area (Å²) in [5.74, 6) is 0. The van der Waals surface area contributed by atoms with E-state index in [-0.39, 0.29) is 0 Å². The van der Waals surface area contributed by atoms with Gasteiger partial charge in [-0.2, -0.15) is 0 Å². The molecule has 21 heavy (non-hydrogen) atoms. The average molecular weight is 277 g/mol. The number of hydrogen-bond donors (Lipinski definition) is 2. The first-order valence-corrected chi connectivity index (χ1v) is 6.64. The van der Waals surface area contributed by atoms with Crippen molar-refractivity contribution in [2.24, 2.45) is 0 Å². The van der Waals surface area contributed by atoms with E-state index in [1.54, 1.807) is 0 Å². The summed E-state index contributed by atoms with van der Waals surface area (Å²) in [6.45, 7) is 0. The van der Waals surface area contributed by atoms with Crippen molar-refractivity contribution in [3.8, 4) is 11.1 Å². The van der Waals surface area contributed by atoms with Crippen molar-refractivity contribution < 1.29 is 4.79 Å². The molecule has 0 amide bonds. The van der Waals surface area contributed by atoms with E-state index in [0.29, 0.717) is 11.3 Å². The molecule has 0 aliphatic rings. The fourth-order valence-corrected chi connectivity index (χ4v) is 2.36. The van der Waals surface area contributed by atoms with Gasteiger partial charge in [0, 0.05) is 24.3 Å². The van der Waals surface area contributed by atoms with Crippen LogP contribution >= 0.6 is 0 Å². The van der Waals surface area contributed by atoms with Gasteiger partial charge in [0.05, 0.1) is 16.8 Å². The highest BCUT2D eigenvalue weighted by molar-refractivity contribution is 6.00. The minimum absolute atomic E-state index is 0.420. The lowest BCUT2D eigenvalue weighted by Crippen LogP contribution is -1.96. The minimum Gasteiger partial charge on any atom is -0.398 e. The number of anilines is 2. The smallest absolute Gasteiger partial charge is 0.153 e. The lowest BCUT2D eigenvalue weighted by molar-refractivity contribution is 0.112. The average Bonchev–Trinajstić information content (AvgIpc) is 2.55. The van der Waals surface area contributed by atoms with Gasteiger partial charge in [-0.05, 0) is 35.4 Å². The van der Waals surface area contributed by atoms with E-state index in [1.165, 1.54) is 6.20 Å². The van der Waals surface area contributed by atoms with Crippen LogP contribution in [-0.4, -0.2) is 18.3 Å². The Kier molecular flexibility index (Phi) is 3.28. The Balaban J connectivity index is 2.19. The van der Waals surface area contributed by atoms with E-state index < -0.39 is 0 Å². The molecule has 4 nitrogen and oxygen atoms in total. The molecule has 0 radical (unpaired) electrons. The van der Waals surface area contributed by atoms with Crippen molar-refractivity contribution in [2.45, 2.75) is 0 Å². The number of carbonyl (C=O) groups excluding carboxylic acids is 1. The minimum atomic E-state index is 0.420. The van der Waals surface area contributed by atoms with Crippen LogP contribution in [0.2, 0.25) is 0 Å². The zero-order chi connectivity index (χ0) is 14.8.